The number of aromatic hydroxyl groups is 1. The summed E-state index contributed by atoms with van der Waals surface area (Å²) < 4.78 is 0. The molecule has 1 aromatic carbocycles. The molecule has 1 heterocycles. The number of likely N-dealkylation sites (tertiary alicyclic amines) is 1. The number of carbonyl (C=O) groups excluding carboxylic acids is 1. The highest BCUT2D eigenvalue weighted by Gasteiger charge is 2.23. The van der Waals surface area contributed by atoms with Crippen LogP contribution in [-0.2, 0) is 0 Å². The molecule has 0 aliphatic carbocycles. The lowest BCUT2D eigenvalue weighted by molar-refractivity contribution is -0.385. The second-order valence-corrected chi connectivity index (χ2v) is 5.34. The molecule has 0 aromatic heterocycles. The molecular formula is C14H19N3O4. The number of nitrogens with one attached hydrogen (secondary N) is 1. The first kappa shape index (κ1) is 15.2. The molecular weight excluding hydrogens is 274 g/mol. The van der Waals surface area contributed by atoms with Gasteiger partial charge in [-0.3, -0.25) is 14.9 Å². The second-order valence-electron chi connectivity index (χ2n) is 5.34. The number of amides is 1. The summed E-state index contributed by atoms with van der Waals surface area (Å²) in [6.07, 6.45) is 2.33. The smallest absolute Gasteiger partial charge is 0.282 e. The predicted molar refractivity (Wildman–Crippen MR) is 77.4 cm³/mol. The van der Waals surface area contributed by atoms with Crippen LogP contribution in [0.4, 0.5) is 5.69 Å². The monoisotopic (exact) mass is 293 g/mol. The topological polar surface area (TPSA) is 95.7 Å². The maximum atomic E-state index is 12.2. The molecule has 7 heteroatoms. The average Bonchev–Trinajstić information content (AvgIpc) is 2.90. The number of carbonyl (C=O) groups is 1. The molecule has 1 aliphatic heterocycles. The fraction of sp³-hybridized carbons (Fsp3) is 0.500. The summed E-state index contributed by atoms with van der Waals surface area (Å²) in [6, 6.07) is 3.34. The van der Waals surface area contributed by atoms with E-state index in [1.54, 1.807) is 0 Å². The van der Waals surface area contributed by atoms with E-state index in [2.05, 4.69) is 10.2 Å². The zero-order valence-electron chi connectivity index (χ0n) is 11.9. The third-order valence-electron chi connectivity index (χ3n) is 3.53. The van der Waals surface area contributed by atoms with Crippen LogP contribution < -0.4 is 5.32 Å². The Hall–Kier alpha value is -2.15. The minimum Gasteiger partial charge on any atom is -0.508 e. The molecule has 1 amide bonds. The number of hydrogen-bond acceptors (Lipinski definition) is 5. The zero-order valence-corrected chi connectivity index (χ0v) is 11.9. The summed E-state index contributed by atoms with van der Waals surface area (Å²) in [5.74, 6) is -0.706. The van der Waals surface area contributed by atoms with Crippen LogP contribution in [0.5, 0.6) is 5.75 Å². The van der Waals surface area contributed by atoms with E-state index in [0.29, 0.717) is 0 Å². The number of phenolic OH excluding ortho intramolecular Hbond substituents is 1. The van der Waals surface area contributed by atoms with Crippen molar-refractivity contribution in [2.75, 3.05) is 19.6 Å². The normalized spacial score (nSPS) is 16.6. The molecule has 114 valence electrons. The van der Waals surface area contributed by atoms with Gasteiger partial charge in [0.05, 0.1) is 4.92 Å². The highest BCUT2D eigenvalue weighted by Crippen LogP contribution is 2.23. The maximum Gasteiger partial charge on any atom is 0.282 e. The Morgan fingerprint density at radius 2 is 2.14 bits per heavy atom. The molecule has 7 nitrogen and oxygen atoms in total. The van der Waals surface area contributed by atoms with Crippen LogP contribution in [0.3, 0.4) is 0 Å². The van der Waals surface area contributed by atoms with E-state index in [1.165, 1.54) is 18.9 Å². The van der Waals surface area contributed by atoms with Gasteiger partial charge in [0.1, 0.15) is 11.3 Å². The Kier molecular flexibility index (Phi) is 4.74. The van der Waals surface area contributed by atoms with Crippen LogP contribution in [0.2, 0.25) is 0 Å². The highest BCUT2D eigenvalue weighted by atomic mass is 16.6. The SMILES string of the molecule is CC(CN1CCCC1)NC(=O)c1cc(O)ccc1[N+](=O)[O-]. The Labute approximate surface area is 122 Å². The molecule has 1 aliphatic rings. The van der Waals surface area contributed by atoms with Gasteiger partial charge in [0.25, 0.3) is 11.6 Å². The van der Waals surface area contributed by atoms with Gasteiger partial charge < -0.3 is 15.3 Å². The van der Waals surface area contributed by atoms with Crippen molar-refractivity contribution in [3.05, 3.63) is 33.9 Å². The van der Waals surface area contributed by atoms with Gasteiger partial charge in [-0.1, -0.05) is 0 Å². The van der Waals surface area contributed by atoms with E-state index in [1.807, 2.05) is 6.92 Å². The molecule has 2 rings (SSSR count). The van der Waals surface area contributed by atoms with Crippen molar-refractivity contribution < 1.29 is 14.8 Å². The van der Waals surface area contributed by atoms with Gasteiger partial charge >= 0.3 is 0 Å². The molecule has 21 heavy (non-hydrogen) atoms. The standard InChI is InChI=1S/C14H19N3O4/c1-10(9-16-6-2-3-7-16)15-14(19)12-8-11(18)4-5-13(12)17(20)21/h4-5,8,10,18H,2-3,6-7,9H2,1H3,(H,15,19). The number of nitro groups is 1. The van der Waals surface area contributed by atoms with Gasteiger partial charge in [-0.05, 0) is 45.0 Å². The summed E-state index contributed by atoms with van der Waals surface area (Å²) in [5.41, 5.74) is -0.424. The Morgan fingerprint density at radius 3 is 2.76 bits per heavy atom. The molecule has 1 saturated heterocycles. The average molecular weight is 293 g/mol. The van der Waals surface area contributed by atoms with Gasteiger partial charge in [-0.2, -0.15) is 0 Å². The molecule has 1 aromatic rings. The van der Waals surface area contributed by atoms with Crippen LogP contribution in [0.1, 0.15) is 30.1 Å². The van der Waals surface area contributed by atoms with Crippen molar-refractivity contribution in [3.8, 4) is 5.75 Å². The summed E-state index contributed by atoms with van der Waals surface area (Å²) in [6.45, 7) is 4.63. The van der Waals surface area contributed by atoms with Crippen LogP contribution in [0.25, 0.3) is 0 Å². The molecule has 1 fully saturated rings. The fourth-order valence-corrected chi connectivity index (χ4v) is 2.56. The molecule has 0 radical (unpaired) electrons. The third-order valence-corrected chi connectivity index (χ3v) is 3.53. The largest absolute Gasteiger partial charge is 0.508 e. The molecule has 0 bridgehead atoms. The van der Waals surface area contributed by atoms with Gasteiger partial charge in [-0.25, -0.2) is 0 Å². The number of benzene rings is 1. The Morgan fingerprint density at radius 1 is 1.48 bits per heavy atom. The number of hydrogen-bond donors (Lipinski definition) is 2. The second kappa shape index (κ2) is 6.53. The number of rotatable bonds is 5. The molecule has 2 N–H and O–H groups in total. The van der Waals surface area contributed by atoms with Crippen molar-refractivity contribution in [3.63, 3.8) is 0 Å². The van der Waals surface area contributed by atoms with Crippen molar-refractivity contribution in [2.24, 2.45) is 0 Å². The van der Waals surface area contributed by atoms with E-state index >= 15 is 0 Å². The fourth-order valence-electron chi connectivity index (χ4n) is 2.56. The van der Waals surface area contributed by atoms with E-state index in [4.69, 9.17) is 0 Å². The van der Waals surface area contributed by atoms with E-state index < -0.39 is 10.8 Å². The van der Waals surface area contributed by atoms with Crippen LogP contribution >= 0.6 is 0 Å². The van der Waals surface area contributed by atoms with Crippen LogP contribution in [0, 0.1) is 10.1 Å². The van der Waals surface area contributed by atoms with Crippen molar-refractivity contribution in [2.45, 2.75) is 25.8 Å². The first-order valence-corrected chi connectivity index (χ1v) is 6.98. The minimum atomic E-state index is -0.626. The Balaban J connectivity index is 2.05. The lowest BCUT2D eigenvalue weighted by atomic mass is 10.1. The van der Waals surface area contributed by atoms with Gasteiger partial charge in [-0.15, -0.1) is 0 Å². The zero-order chi connectivity index (χ0) is 15.4. The number of nitro benzene ring substituents is 1. The summed E-state index contributed by atoms with van der Waals surface area (Å²) in [4.78, 5) is 24.7. The van der Waals surface area contributed by atoms with Crippen molar-refractivity contribution >= 4 is 11.6 Å². The van der Waals surface area contributed by atoms with E-state index in [0.717, 1.165) is 31.8 Å². The van der Waals surface area contributed by atoms with E-state index in [9.17, 15) is 20.0 Å². The summed E-state index contributed by atoms with van der Waals surface area (Å²) in [5, 5.41) is 23.1. The van der Waals surface area contributed by atoms with E-state index in [-0.39, 0.29) is 23.0 Å². The minimum absolute atomic E-state index is 0.113. The van der Waals surface area contributed by atoms with Gasteiger partial charge in [0, 0.05) is 18.7 Å². The summed E-state index contributed by atoms with van der Waals surface area (Å²) >= 11 is 0. The Bertz CT molecular complexity index is 541. The van der Waals surface area contributed by atoms with Crippen LogP contribution in [0.15, 0.2) is 18.2 Å². The summed E-state index contributed by atoms with van der Waals surface area (Å²) in [7, 11) is 0. The van der Waals surface area contributed by atoms with Crippen molar-refractivity contribution in [1.29, 1.82) is 0 Å². The molecule has 1 unspecified atom stereocenters. The lowest BCUT2D eigenvalue weighted by Crippen LogP contribution is -2.41. The quantitative estimate of drug-likeness (QED) is 0.634. The number of phenols is 1. The highest BCUT2D eigenvalue weighted by molar-refractivity contribution is 5.98. The third kappa shape index (κ3) is 3.91. The van der Waals surface area contributed by atoms with Crippen molar-refractivity contribution in [1.82, 2.24) is 10.2 Å². The first-order chi connectivity index (χ1) is 9.97. The van der Waals surface area contributed by atoms with Gasteiger partial charge in [0.2, 0.25) is 0 Å². The molecule has 1 atom stereocenters. The maximum absolute atomic E-state index is 12.2. The lowest BCUT2D eigenvalue weighted by Gasteiger charge is -2.21. The first-order valence-electron chi connectivity index (χ1n) is 6.98. The predicted octanol–water partition coefficient (Wildman–Crippen LogP) is 1.51. The van der Waals surface area contributed by atoms with Gasteiger partial charge in [0.15, 0.2) is 0 Å². The van der Waals surface area contributed by atoms with Crippen LogP contribution in [-0.4, -0.2) is 46.5 Å². The molecule has 0 spiro atoms. The number of nitrogens with zero attached hydrogens (tertiary/aromatic N) is 2. The molecule has 0 saturated carbocycles.